The molecule has 2 aliphatic rings. The monoisotopic (exact) mass is 286 g/mol. The van der Waals surface area contributed by atoms with E-state index in [0.717, 1.165) is 49.3 Å². The number of carbonyl (C=O) groups excluding carboxylic acids is 1. The molecule has 0 aliphatic heterocycles. The first-order chi connectivity index (χ1) is 10.1. The summed E-state index contributed by atoms with van der Waals surface area (Å²) in [6, 6.07) is 2.02. The molecular weight excluding hydrogens is 260 g/mol. The molecule has 2 fully saturated rings. The lowest BCUT2D eigenvalue weighted by Crippen LogP contribution is -2.23. The van der Waals surface area contributed by atoms with Crippen LogP contribution in [-0.2, 0) is 4.79 Å². The third-order valence-corrected chi connectivity index (χ3v) is 5.31. The van der Waals surface area contributed by atoms with Gasteiger partial charge in [-0.25, -0.2) is 9.97 Å². The van der Waals surface area contributed by atoms with Crippen molar-refractivity contribution in [2.45, 2.75) is 65.2 Å². The summed E-state index contributed by atoms with van der Waals surface area (Å²) in [5.41, 5.74) is 2.11. The van der Waals surface area contributed by atoms with Crippen LogP contribution in [0.1, 0.15) is 68.6 Å². The normalized spacial score (nSPS) is 32.0. The Morgan fingerprint density at radius 3 is 2.29 bits per heavy atom. The Balaban J connectivity index is 1.59. The molecule has 3 heteroatoms. The number of nitrogens with zero attached hydrogens (tertiary/aromatic N) is 2. The van der Waals surface area contributed by atoms with Gasteiger partial charge in [0.15, 0.2) is 0 Å². The lowest BCUT2D eigenvalue weighted by molar-refractivity contribution is -0.125. The van der Waals surface area contributed by atoms with Crippen LogP contribution in [0.25, 0.3) is 0 Å². The van der Waals surface area contributed by atoms with Gasteiger partial charge in [0.05, 0.1) is 0 Å². The van der Waals surface area contributed by atoms with E-state index in [0.29, 0.717) is 29.5 Å². The molecule has 2 saturated carbocycles. The summed E-state index contributed by atoms with van der Waals surface area (Å²) in [5.74, 6) is 3.41. The van der Waals surface area contributed by atoms with Crippen molar-refractivity contribution in [1.29, 1.82) is 0 Å². The Labute approximate surface area is 127 Å². The van der Waals surface area contributed by atoms with Gasteiger partial charge in [-0.15, -0.1) is 0 Å². The highest BCUT2D eigenvalue weighted by atomic mass is 16.1. The number of aromatic nitrogens is 2. The zero-order valence-electron chi connectivity index (χ0n) is 13.4. The largest absolute Gasteiger partial charge is 0.299 e. The minimum Gasteiger partial charge on any atom is -0.299 e. The second-order valence-corrected chi connectivity index (χ2v) is 6.97. The van der Waals surface area contributed by atoms with Crippen molar-refractivity contribution in [3.05, 3.63) is 23.3 Å². The van der Waals surface area contributed by atoms with Crippen molar-refractivity contribution in [3.8, 4) is 0 Å². The molecule has 0 amide bonds. The fraction of sp³-hybridized carbons (Fsp3) is 0.722. The fourth-order valence-electron chi connectivity index (χ4n) is 3.92. The Hall–Kier alpha value is -1.25. The van der Waals surface area contributed by atoms with Crippen molar-refractivity contribution >= 4 is 5.78 Å². The Kier molecular flexibility index (Phi) is 4.10. The van der Waals surface area contributed by atoms with Gasteiger partial charge in [-0.2, -0.15) is 0 Å². The second-order valence-electron chi connectivity index (χ2n) is 6.97. The molecule has 0 spiro atoms. The van der Waals surface area contributed by atoms with E-state index < -0.39 is 0 Å². The van der Waals surface area contributed by atoms with Crippen molar-refractivity contribution in [1.82, 2.24) is 9.97 Å². The molecule has 3 rings (SSSR count). The summed E-state index contributed by atoms with van der Waals surface area (Å²) >= 11 is 0. The molecular formula is C18H26N2O. The van der Waals surface area contributed by atoms with E-state index in [2.05, 4.69) is 16.9 Å². The van der Waals surface area contributed by atoms with Crippen molar-refractivity contribution in [2.24, 2.45) is 17.8 Å². The van der Waals surface area contributed by atoms with E-state index in [1.165, 1.54) is 6.42 Å². The molecule has 0 radical (unpaired) electrons. The van der Waals surface area contributed by atoms with Gasteiger partial charge in [0.2, 0.25) is 0 Å². The van der Waals surface area contributed by atoms with Gasteiger partial charge in [0.1, 0.15) is 11.6 Å². The molecule has 2 atom stereocenters. The predicted molar refractivity (Wildman–Crippen MR) is 83.1 cm³/mol. The van der Waals surface area contributed by atoms with Crippen molar-refractivity contribution < 1.29 is 4.79 Å². The molecule has 2 aliphatic carbocycles. The number of hydrogen-bond donors (Lipinski definition) is 0. The van der Waals surface area contributed by atoms with Gasteiger partial charge in [-0.1, -0.05) is 13.3 Å². The molecule has 0 aromatic carbocycles. The molecule has 0 N–H and O–H groups in total. The Morgan fingerprint density at radius 1 is 1.14 bits per heavy atom. The SMILES string of the molecule is CCC1CC1C(=O)C1CCC(c2nc(C)cc(C)n2)CC1. The topological polar surface area (TPSA) is 42.9 Å². The van der Waals surface area contributed by atoms with Crippen LogP contribution in [0.2, 0.25) is 0 Å². The summed E-state index contributed by atoms with van der Waals surface area (Å²) in [6.45, 7) is 6.27. The lowest BCUT2D eigenvalue weighted by Gasteiger charge is -2.27. The summed E-state index contributed by atoms with van der Waals surface area (Å²) < 4.78 is 0. The summed E-state index contributed by atoms with van der Waals surface area (Å²) in [5, 5.41) is 0. The van der Waals surface area contributed by atoms with Crippen molar-refractivity contribution in [2.75, 3.05) is 0 Å². The Bertz CT molecular complexity index is 512. The van der Waals surface area contributed by atoms with Gasteiger partial charge < -0.3 is 0 Å². The molecule has 0 saturated heterocycles. The molecule has 21 heavy (non-hydrogen) atoms. The minimum absolute atomic E-state index is 0.314. The van der Waals surface area contributed by atoms with E-state index in [4.69, 9.17) is 0 Å². The van der Waals surface area contributed by atoms with E-state index in [-0.39, 0.29) is 0 Å². The summed E-state index contributed by atoms with van der Waals surface area (Å²) in [4.78, 5) is 21.7. The van der Waals surface area contributed by atoms with Crippen LogP contribution in [0.3, 0.4) is 0 Å². The average Bonchev–Trinajstić information content (AvgIpc) is 3.25. The zero-order valence-corrected chi connectivity index (χ0v) is 13.4. The standard InChI is InChI=1S/C18H26N2O/c1-4-13-10-16(13)17(21)14-5-7-15(8-6-14)18-19-11(2)9-12(3)20-18/h9,13-16H,4-8,10H2,1-3H3. The smallest absolute Gasteiger partial charge is 0.139 e. The number of hydrogen-bond acceptors (Lipinski definition) is 3. The zero-order chi connectivity index (χ0) is 15.0. The third-order valence-electron chi connectivity index (χ3n) is 5.31. The van der Waals surface area contributed by atoms with Crippen molar-refractivity contribution in [3.63, 3.8) is 0 Å². The van der Waals surface area contributed by atoms with E-state index in [1.807, 2.05) is 19.9 Å². The molecule has 3 nitrogen and oxygen atoms in total. The highest BCUT2D eigenvalue weighted by Gasteiger charge is 2.44. The van der Waals surface area contributed by atoms with E-state index >= 15 is 0 Å². The van der Waals surface area contributed by atoms with Gasteiger partial charge in [0.25, 0.3) is 0 Å². The third kappa shape index (κ3) is 3.17. The fourth-order valence-corrected chi connectivity index (χ4v) is 3.92. The van der Waals surface area contributed by atoms with Crippen LogP contribution < -0.4 is 0 Å². The maximum atomic E-state index is 12.4. The number of ketones is 1. The number of aryl methyl sites for hydroxylation is 2. The van der Waals surface area contributed by atoms with Gasteiger partial charge in [-0.3, -0.25) is 4.79 Å². The van der Waals surface area contributed by atoms with Gasteiger partial charge >= 0.3 is 0 Å². The molecule has 1 heterocycles. The lowest BCUT2D eigenvalue weighted by atomic mass is 9.78. The van der Waals surface area contributed by atoms with Crippen LogP contribution in [0.5, 0.6) is 0 Å². The first kappa shape index (κ1) is 14.7. The predicted octanol–water partition coefficient (Wildman–Crippen LogP) is 3.98. The van der Waals surface area contributed by atoms with Crippen LogP contribution in [0.15, 0.2) is 6.07 Å². The summed E-state index contributed by atoms with van der Waals surface area (Å²) in [7, 11) is 0. The highest BCUT2D eigenvalue weighted by Crippen LogP contribution is 2.46. The second kappa shape index (κ2) is 5.86. The quantitative estimate of drug-likeness (QED) is 0.840. The Morgan fingerprint density at radius 2 is 1.76 bits per heavy atom. The number of Topliss-reactive ketones (excluding diaryl/α,β-unsaturated/α-hetero) is 1. The average molecular weight is 286 g/mol. The van der Waals surface area contributed by atoms with E-state index in [1.54, 1.807) is 0 Å². The first-order valence-electron chi connectivity index (χ1n) is 8.44. The van der Waals surface area contributed by atoms with Crippen LogP contribution in [0.4, 0.5) is 0 Å². The molecule has 2 unspecified atom stereocenters. The number of rotatable bonds is 4. The maximum Gasteiger partial charge on any atom is 0.139 e. The van der Waals surface area contributed by atoms with Crippen LogP contribution >= 0.6 is 0 Å². The highest BCUT2D eigenvalue weighted by molar-refractivity contribution is 5.86. The van der Waals surface area contributed by atoms with E-state index in [9.17, 15) is 4.79 Å². The summed E-state index contributed by atoms with van der Waals surface area (Å²) in [6.07, 6.45) is 6.53. The number of carbonyl (C=O) groups is 1. The molecule has 0 bridgehead atoms. The molecule has 1 aromatic rings. The van der Waals surface area contributed by atoms with Gasteiger partial charge in [0, 0.05) is 29.1 Å². The molecule has 114 valence electrons. The van der Waals surface area contributed by atoms with Gasteiger partial charge in [-0.05, 0) is 57.9 Å². The first-order valence-corrected chi connectivity index (χ1v) is 8.44. The maximum absolute atomic E-state index is 12.4. The van der Waals surface area contributed by atoms with Crippen LogP contribution in [-0.4, -0.2) is 15.8 Å². The molecule has 1 aromatic heterocycles. The minimum atomic E-state index is 0.314. The van der Waals surface area contributed by atoms with Crippen LogP contribution in [0, 0.1) is 31.6 Å².